The second-order valence-corrected chi connectivity index (χ2v) is 4.30. The van der Waals surface area contributed by atoms with Crippen molar-refractivity contribution in [1.29, 1.82) is 0 Å². The average Bonchev–Trinajstić information content (AvgIpc) is 2.39. The third-order valence-corrected chi connectivity index (χ3v) is 3.10. The number of amides is 1. The summed E-state index contributed by atoms with van der Waals surface area (Å²) in [6.45, 7) is 3.16. The molecule has 1 aromatic carbocycles. The van der Waals surface area contributed by atoms with Crippen molar-refractivity contribution >= 4 is 17.5 Å². The number of ether oxygens (including phenoxy) is 1. The van der Waals surface area contributed by atoms with Gasteiger partial charge >= 0.3 is 0 Å². The Morgan fingerprint density at radius 3 is 2.71 bits per heavy atom. The summed E-state index contributed by atoms with van der Waals surface area (Å²) >= 11 is 6.00. The molecule has 17 heavy (non-hydrogen) atoms. The van der Waals surface area contributed by atoms with E-state index < -0.39 is 0 Å². The second kappa shape index (κ2) is 5.38. The standard InChI is InChI=1S/C12H15ClN2O2/c1-17-11-3-2-9(8-10(11)13)12(16)15-6-4-14-5-7-15/h2-3,8,14H,4-7H2,1H3. The van der Waals surface area contributed by atoms with Crippen molar-refractivity contribution in [2.24, 2.45) is 0 Å². The number of rotatable bonds is 2. The smallest absolute Gasteiger partial charge is 0.253 e. The molecule has 1 fully saturated rings. The molecule has 1 aromatic rings. The number of nitrogens with zero attached hydrogens (tertiary/aromatic N) is 1. The quantitative estimate of drug-likeness (QED) is 0.867. The number of benzene rings is 1. The molecule has 0 aliphatic carbocycles. The fourth-order valence-electron chi connectivity index (χ4n) is 1.85. The van der Waals surface area contributed by atoms with Gasteiger partial charge < -0.3 is 15.0 Å². The van der Waals surface area contributed by atoms with Crippen LogP contribution in [0.2, 0.25) is 5.02 Å². The molecule has 0 bridgehead atoms. The van der Waals surface area contributed by atoms with Crippen LogP contribution in [0.15, 0.2) is 18.2 Å². The lowest BCUT2D eigenvalue weighted by Crippen LogP contribution is -2.46. The zero-order chi connectivity index (χ0) is 12.3. The van der Waals surface area contributed by atoms with Gasteiger partial charge in [0, 0.05) is 31.7 Å². The van der Waals surface area contributed by atoms with Crippen LogP contribution in [0.1, 0.15) is 10.4 Å². The molecule has 0 unspecified atom stereocenters. The van der Waals surface area contributed by atoms with Crippen molar-refractivity contribution < 1.29 is 9.53 Å². The van der Waals surface area contributed by atoms with Gasteiger partial charge in [-0.2, -0.15) is 0 Å². The van der Waals surface area contributed by atoms with E-state index in [9.17, 15) is 4.79 Å². The van der Waals surface area contributed by atoms with E-state index in [2.05, 4.69) is 5.32 Å². The van der Waals surface area contributed by atoms with Crippen molar-refractivity contribution in [1.82, 2.24) is 10.2 Å². The molecular formula is C12H15ClN2O2. The molecular weight excluding hydrogens is 240 g/mol. The fraction of sp³-hybridized carbons (Fsp3) is 0.417. The van der Waals surface area contributed by atoms with Crippen LogP contribution < -0.4 is 10.1 Å². The van der Waals surface area contributed by atoms with Crippen molar-refractivity contribution in [2.75, 3.05) is 33.3 Å². The molecule has 0 atom stereocenters. The van der Waals surface area contributed by atoms with Crippen molar-refractivity contribution in [3.8, 4) is 5.75 Å². The van der Waals surface area contributed by atoms with E-state index in [-0.39, 0.29) is 5.91 Å². The molecule has 92 valence electrons. The first-order valence-electron chi connectivity index (χ1n) is 5.56. The third-order valence-electron chi connectivity index (χ3n) is 2.80. The first-order valence-corrected chi connectivity index (χ1v) is 5.93. The molecule has 5 heteroatoms. The largest absolute Gasteiger partial charge is 0.495 e. The zero-order valence-electron chi connectivity index (χ0n) is 9.70. The van der Waals surface area contributed by atoms with Gasteiger partial charge in [-0.3, -0.25) is 4.79 Å². The number of nitrogens with one attached hydrogen (secondary N) is 1. The van der Waals surface area contributed by atoms with Crippen LogP contribution in [-0.2, 0) is 0 Å². The number of carbonyl (C=O) groups excluding carboxylic acids is 1. The minimum Gasteiger partial charge on any atom is -0.495 e. The minimum absolute atomic E-state index is 0.0241. The molecule has 1 saturated heterocycles. The number of hydrogen-bond acceptors (Lipinski definition) is 3. The van der Waals surface area contributed by atoms with Crippen molar-refractivity contribution in [2.45, 2.75) is 0 Å². The van der Waals surface area contributed by atoms with Gasteiger partial charge in [0.2, 0.25) is 0 Å². The minimum atomic E-state index is 0.0241. The van der Waals surface area contributed by atoms with Gasteiger partial charge in [-0.25, -0.2) is 0 Å². The molecule has 0 saturated carbocycles. The van der Waals surface area contributed by atoms with Gasteiger partial charge in [-0.05, 0) is 18.2 Å². The number of methoxy groups -OCH3 is 1. The fourth-order valence-corrected chi connectivity index (χ4v) is 2.11. The topological polar surface area (TPSA) is 41.6 Å². The second-order valence-electron chi connectivity index (χ2n) is 3.89. The van der Waals surface area contributed by atoms with Gasteiger partial charge in [-0.1, -0.05) is 11.6 Å². The first-order chi connectivity index (χ1) is 8.22. The molecule has 1 amide bonds. The van der Waals surface area contributed by atoms with E-state index in [0.29, 0.717) is 16.3 Å². The lowest BCUT2D eigenvalue weighted by Gasteiger charge is -2.27. The van der Waals surface area contributed by atoms with Crippen LogP contribution in [0.4, 0.5) is 0 Å². The maximum atomic E-state index is 12.2. The summed E-state index contributed by atoms with van der Waals surface area (Å²) in [5.41, 5.74) is 0.609. The normalized spacial score (nSPS) is 15.8. The monoisotopic (exact) mass is 254 g/mol. The number of carbonyl (C=O) groups is 1. The lowest BCUT2D eigenvalue weighted by atomic mass is 10.2. The molecule has 0 radical (unpaired) electrons. The Balaban J connectivity index is 2.16. The molecule has 1 aliphatic rings. The number of halogens is 1. The number of piperazine rings is 1. The summed E-state index contributed by atoms with van der Waals surface area (Å²) in [7, 11) is 1.55. The van der Waals surface area contributed by atoms with Crippen molar-refractivity contribution in [3.05, 3.63) is 28.8 Å². The van der Waals surface area contributed by atoms with Crippen molar-refractivity contribution in [3.63, 3.8) is 0 Å². The highest BCUT2D eigenvalue weighted by molar-refractivity contribution is 6.32. The summed E-state index contributed by atoms with van der Waals surface area (Å²) in [5, 5.41) is 3.68. The molecule has 0 aromatic heterocycles. The highest BCUT2D eigenvalue weighted by atomic mass is 35.5. The van der Waals surface area contributed by atoms with E-state index >= 15 is 0 Å². The van der Waals surface area contributed by atoms with E-state index in [1.807, 2.05) is 4.90 Å². The molecule has 4 nitrogen and oxygen atoms in total. The van der Waals surface area contributed by atoms with E-state index in [4.69, 9.17) is 16.3 Å². The summed E-state index contributed by atoms with van der Waals surface area (Å²) in [4.78, 5) is 14.0. The first kappa shape index (κ1) is 12.2. The van der Waals surface area contributed by atoms with Gasteiger partial charge in [0.25, 0.3) is 5.91 Å². The van der Waals surface area contributed by atoms with Gasteiger partial charge in [0.15, 0.2) is 0 Å². The van der Waals surface area contributed by atoms with Crippen LogP contribution in [0.5, 0.6) is 5.75 Å². The summed E-state index contributed by atoms with van der Waals surface area (Å²) in [6.07, 6.45) is 0. The van der Waals surface area contributed by atoms with Crippen LogP contribution in [0, 0.1) is 0 Å². The highest BCUT2D eigenvalue weighted by Crippen LogP contribution is 2.25. The van der Waals surface area contributed by atoms with Gasteiger partial charge in [0.05, 0.1) is 12.1 Å². The van der Waals surface area contributed by atoms with Crippen LogP contribution in [0.25, 0.3) is 0 Å². The Morgan fingerprint density at radius 2 is 2.12 bits per heavy atom. The highest BCUT2D eigenvalue weighted by Gasteiger charge is 2.18. The number of hydrogen-bond donors (Lipinski definition) is 1. The molecule has 1 heterocycles. The maximum absolute atomic E-state index is 12.2. The Kier molecular flexibility index (Phi) is 3.86. The van der Waals surface area contributed by atoms with E-state index in [1.54, 1.807) is 25.3 Å². The Labute approximate surface area is 106 Å². The molecule has 1 aliphatic heterocycles. The molecule has 1 N–H and O–H groups in total. The van der Waals surface area contributed by atoms with Crippen LogP contribution >= 0.6 is 11.6 Å². The molecule has 0 spiro atoms. The van der Waals surface area contributed by atoms with Crippen LogP contribution in [-0.4, -0.2) is 44.1 Å². The average molecular weight is 255 g/mol. The lowest BCUT2D eigenvalue weighted by molar-refractivity contribution is 0.0736. The maximum Gasteiger partial charge on any atom is 0.253 e. The SMILES string of the molecule is COc1ccc(C(=O)N2CCNCC2)cc1Cl. The zero-order valence-corrected chi connectivity index (χ0v) is 10.5. The predicted octanol–water partition coefficient (Wildman–Crippen LogP) is 1.39. The van der Waals surface area contributed by atoms with Gasteiger partial charge in [0.1, 0.15) is 5.75 Å². The summed E-state index contributed by atoms with van der Waals surface area (Å²) in [5.74, 6) is 0.611. The van der Waals surface area contributed by atoms with E-state index in [0.717, 1.165) is 26.2 Å². The van der Waals surface area contributed by atoms with Crippen LogP contribution in [0.3, 0.4) is 0 Å². The third kappa shape index (κ3) is 2.70. The predicted molar refractivity (Wildman–Crippen MR) is 66.8 cm³/mol. The van der Waals surface area contributed by atoms with Gasteiger partial charge in [-0.15, -0.1) is 0 Å². The Hall–Kier alpha value is -1.26. The Bertz CT molecular complexity index is 417. The molecule has 2 rings (SSSR count). The summed E-state index contributed by atoms with van der Waals surface area (Å²) in [6, 6.07) is 5.12. The van der Waals surface area contributed by atoms with E-state index in [1.165, 1.54) is 0 Å². The Morgan fingerprint density at radius 1 is 1.41 bits per heavy atom. The summed E-state index contributed by atoms with van der Waals surface area (Å²) < 4.78 is 5.06.